The lowest BCUT2D eigenvalue weighted by Gasteiger charge is -2.15. The van der Waals surface area contributed by atoms with Gasteiger partial charge in [0.15, 0.2) is 11.5 Å². The highest BCUT2D eigenvalue weighted by atomic mass is 127. The number of ether oxygens (including phenoxy) is 3. The van der Waals surface area contributed by atoms with E-state index in [9.17, 15) is 9.90 Å². The standard InChI is InChI=1S/C24H22ClIN2O5/c1-3-32-22-11-16(10-20(26)23(22)33-14-15-4-6-17(25)7-5-15)13-27-28-24(30)19-9-8-18(31-2)12-21(19)29/h4-13,29H,3,14H2,1-2H3,(H,28,30)/b27-13-. The first-order valence-corrected chi connectivity index (χ1v) is 11.4. The summed E-state index contributed by atoms with van der Waals surface area (Å²) in [5.41, 5.74) is 4.18. The number of rotatable bonds is 9. The van der Waals surface area contributed by atoms with Gasteiger partial charge in [-0.1, -0.05) is 23.7 Å². The van der Waals surface area contributed by atoms with Crippen LogP contribution in [0.1, 0.15) is 28.4 Å². The Balaban J connectivity index is 1.72. The summed E-state index contributed by atoms with van der Waals surface area (Å²) in [5, 5.41) is 14.7. The summed E-state index contributed by atoms with van der Waals surface area (Å²) in [6, 6.07) is 15.5. The lowest BCUT2D eigenvalue weighted by atomic mass is 10.2. The Labute approximate surface area is 210 Å². The summed E-state index contributed by atoms with van der Waals surface area (Å²) in [5.74, 6) is 0.895. The fourth-order valence-corrected chi connectivity index (χ4v) is 3.76. The number of amides is 1. The van der Waals surface area contributed by atoms with E-state index in [-0.39, 0.29) is 11.3 Å². The number of hydrogen-bond donors (Lipinski definition) is 2. The summed E-state index contributed by atoms with van der Waals surface area (Å²) in [6.07, 6.45) is 1.49. The molecule has 3 aromatic rings. The average molecular weight is 581 g/mol. The second kappa shape index (κ2) is 11.8. The van der Waals surface area contributed by atoms with Crippen LogP contribution < -0.4 is 19.6 Å². The number of carbonyl (C=O) groups excluding carboxylic acids is 1. The van der Waals surface area contributed by atoms with E-state index in [1.807, 2.05) is 37.3 Å². The summed E-state index contributed by atoms with van der Waals surface area (Å²) in [7, 11) is 1.48. The van der Waals surface area contributed by atoms with E-state index in [0.29, 0.717) is 41.0 Å². The number of nitrogens with zero attached hydrogens (tertiary/aromatic N) is 1. The number of hydrazone groups is 1. The highest BCUT2D eigenvalue weighted by Gasteiger charge is 2.13. The van der Waals surface area contributed by atoms with Gasteiger partial charge in [0.2, 0.25) is 0 Å². The zero-order valence-corrected chi connectivity index (χ0v) is 20.9. The van der Waals surface area contributed by atoms with Gasteiger partial charge in [0, 0.05) is 11.1 Å². The minimum Gasteiger partial charge on any atom is -0.507 e. The molecule has 2 N–H and O–H groups in total. The summed E-state index contributed by atoms with van der Waals surface area (Å²) in [6.45, 7) is 2.71. The van der Waals surface area contributed by atoms with Gasteiger partial charge in [-0.3, -0.25) is 4.79 Å². The van der Waals surface area contributed by atoms with Gasteiger partial charge in [-0.15, -0.1) is 0 Å². The number of nitrogens with one attached hydrogen (secondary N) is 1. The van der Waals surface area contributed by atoms with Crippen LogP contribution in [0, 0.1) is 3.57 Å². The second-order valence-corrected chi connectivity index (χ2v) is 8.36. The number of benzene rings is 3. The second-order valence-electron chi connectivity index (χ2n) is 6.76. The van der Waals surface area contributed by atoms with Crippen LogP contribution in [0.2, 0.25) is 5.02 Å². The molecule has 172 valence electrons. The van der Waals surface area contributed by atoms with Crippen LogP contribution in [0.15, 0.2) is 59.7 Å². The average Bonchev–Trinajstić information content (AvgIpc) is 2.79. The van der Waals surface area contributed by atoms with Gasteiger partial charge in [0.25, 0.3) is 5.91 Å². The molecule has 0 saturated heterocycles. The number of carbonyl (C=O) groups is 1. The van der Waals surface area contributed by atoms with Crippen molar-refractivity contribution in [3.8, 4) is 23.0 Å². The van der Waals surface area contributed by atoms with E-state index in [2.05, 4.69) is 33.1 Å². The molecule has 0 unspecified atom stereocenters. The van der Waals surface area contributed by atoms with Crippen molar-refractivity contribution < 1.29 is 24.1 Å². The van der Waals surface area contributed by atoms with Gasteiger partial charge in [-0.2, -0.15) is 5.10 Å². The van der Waals surface area contributed by atoms with Crippen LogP contribution in [0.3, 0.4) is 0 Å². The van der Waals surface area contributed by atoms with E-state index in [4.69, 9.17) is 25.8 Å². The molecule has 33 heavy (non-hydrogen) atoms. The van der Waals surface area contributed by atoms with Gasteiger partial charge in [0.05, 0.1) is 29.1 Å². The molecule has 9 heteroatoms. The molecule has 3 rings (SSSR count). The SMILES string of the molecule is CCOc1cc(/C=N\NC(=O)c2ccc(OC)cc2O)cc(I)c1OCc1ccc(Cl)cc1. The maximum atomic E-state index is 12.3. The van der Waals surface area contributed by atoms with Crippen molar-refractivity contribution in [2.45, 2.75) is 13.5 Å². The van der Waals surface area contributed by atoms with Crippen molar-refractivity contribution in [3.63, 3.8) is 0 Å². The molecule has 0 aliphatic carbocycles. The first-order chi connectivity index (χ1) is 15.9. The van der Waals surface area contributed by atoms with Crippen LogP contribution in [0.5, 0.6) is 23.0 Å². The molecule has 0 radical (unpaired) electrons. The van der Waals surface area contributed by atoms with Gasteiger partial charge < -0.3 is 19.3 Å². The lowest BCUT2D eigenvalue weighted by molar-refractivity contribution is 0.0952. The van der Waals surface area contributed by atoms with Crippen molar-refractivity contribution in [2.24, 2.45) is 5.10 Å². The summed E-state index contributed by atoms with van der Waals surface area (Å²) in [4.78, 5) is 12.3. The largest absolute Gasteiger partial charge is 0.507 e. The quantitative estimate of drug-likeness (QED) is 0.201. The van der Waals surface area contributed by atoms with Crippen LogP contribution >= 0.6 is 34.2 Å². The van der Waals surface area contributed by atoms with Gasteiger partial charge in [-0.05, 0) is 77.0 Å². The third-order valence-electron chi connectivity index (χ3n) is 4.46. The van der Waals surface area contributed by atoms with E-state index < -0.39 is 5.91 Å². The molecule has 0 fully saturated rings. The molecular formula is C24H22ClIN2O5. The topological polar surface area (TPSA) is 89.4 Å². The molecule has 0 saturated carbocycles. The number of phenolic OH excluding ortho intramolecular Hbond substituents is 1. The van der Waals surface area contributed by atoms with E-state index in [1.165, 1.54) is 25.5 Å². The first kappa shape index (κ1) is 24.7. The van der Waals surface area contributed by atoms with Crippen LogP contribution in [-0.2, 0) is 6.61 Å². The minimum absolute atomic E-state index is 0.0866. The molecule has 0 atom stereocenters. The smallest absolute Gasteiger partial charge is 0.275 e. The Bertz CT molecular complexity index is 1150. The predicted octanol–water partition coefficient (Wildman–Crippen LogP) is 5.40. The third-order valence-corrected chi connectivity index (χ3v) is 5.51. The molecule has 0 spiro atoms. The monoisotopic (exact) mass is 580 g/mol. The Morgan fingerprint density at radius 1 is 1.15 bits per heavy atom. The maximum Gasteiger partial charge on any atom is 0.275 e. The number of methoxy groups -OCH3 is 1. The minimum atomic E-state index is -0.547. The highest BCUT2D eigenvalue weighted by molar-refractivity contribution is 14.1. The fourth-order valence-electron chi connectivity index (χ4n) is 2.86. The molecule has 0 bridgehead atoms. The zero-order chi connectivity index (χ0) is 23.8. The molecule has 0 aliphatic heterocycles. The summed E-state index contributed by atoms with van der Waals surface area (Å²) < 4.78 is 17.6. The number of aromatic hydroxyl groups is 1. The van der Waals surface area contributed by atoms with Crippen molar-refractivity contribution in [3.05, 3.63) is 79.9 Å². The van der Waals surface area contributed by atoms with Crippen LogP contribution in [-0.4, -0.2) is 30.9 Å². The lowest BCUT2D eigenvalue weighted by Crippen LogP contribution is -2.17. The molecule has 7 nitrogen and oxygen atoms in total. The molecule has 1 amide bonds. The van der Waals surface area contributed by atoms with E-state index >= 15 is 0 Å². The highest BCUT2D eigenvalue weighted by Crippen LogP contribution is 2.34. The Kier molecular flexibility index (Phi) is 8.79. The van der Waals surface area contributed by atoms with Crippen molar-refractivity contribution >= 4 is 46.3 Å². The predicted molar refractivity (Wildman–Crippen MR) is 136 cm³/mol. The summed E-state index contributed by atoms with van der Waals surface area (Å²) >= 11 is 8.10. The van der Waals surface area contributed by atoms with Crippen molar-refractivity contribution in [2.75, 3.05) is 13.7 Å². The normalized spacial score (nSPS) is 10.8. The molecule has 0 aliphatic rings. The van der Waals surface area contributed by atoms with E-state index in [1.54, 1.807) is 12.1 Å². The van der Waals surface area contributed by atoms with Crippen molar-refractivity contribution in [1.82, 2.24) is 5.43 Å². The van der Waals surface area contributed by atoms with E-state index in [0.717, 1.165) is 9.13 Å². The Morgan fingerprint density at radius 3 is 2.58 bits per heavy atom. The molecule has 3 aromatic carbocycles. The Morgan fingerprint density at radius 2 is 1.91 bits per heavy atom. The van der Waals surface area contributed by atoms with Gasteiger partial charge in [-0.25, -0.2) is 5.43 Å². The first-order valence-electron chi connectivity index (χ1n) is 9.95. The van der Waals surface area contributed by atoms with Gasteiger partial charge in [0.1, 0.15) is 18.1 Å². The number of halogens is 2. The zero-order valence-electron chi connectivity index (χ0n) is 18.0. The maximum absolute atomic E-state index is 12.3. The number of hydrogen-bond acceptors (Lipinski definition) is 6. The molecular weight excluding hydrogens is 559 g/mol. The molecule has 0 heterocycles. The van der Waals surface area contributed by atoms with Crippen LogP contribution in [0.25, 0.3) is 0 Å². The number of phenols is 1. The molecule has 0 aromatic heterocycles. The van der Waals surface area contributed by atoms with Crippen LogP contribution in [0.4, 0.5) is 0 Å². The Hall–Kier alpha value is -2.98. The van der Waals surface area contributed by atoms with Gasteiger partial charge >= 0.3 is 0 Å². The van der Waals surface area contributed by atoms with Crippen molar-refractivity contribution in [1.29, 1.82) is 0 Å². The third kappa shape index (κ3) is 6.75. The fraction of sp³-hybridized carbons (Fsp3) is 0.167.